The summed E-state index contributed by atoms with van der Waals surface area (Å²) in [6, 6.07) is 16.6. The number of amides is 1. The Bertz CT molecular complexity index is 1360. The zero-order valence-corrected chi connectivity index (χ0v) is 22.0. The second kappa shape index (κ2) is 10.4. The molecule has 1 N–H and O–H groups in total. The van der Waals surface area contributed by atoms with Crippen molar-refractivity contribution in [1.29, 1.82) is 0 Å². The molecule has 4 rings (SSSR count). The third-order valence-corrected chi connectivity index (χ3v) is 6.57. The van der Waals surface area contributed by atoms with E-state index in [-0.39, 0.29) is 17.3 Å². The van der Waals surface area contributed by atoms with Crippen molar-refractivity contribution < 1.29 is 19.4 Å². The van der Waals surface area contributed by atoms with Crippen molar-refractivity contribution in [1.82, 2.24) is 0 Å². The highest BCUT2D eigenvalue weighted by atomic mass is 35.5. The van der Waals surface area contributed by atoms with Crippen LogP contribution >= 0.6 is 23.2 Å². The number of hydrogen-bond acceptors (Lipinski definition) is 4. The number of carbonyl (C=O) groups is 2. The molecule has 1 unspecified atom stereocenters. The lowest BCUT2D eigenvalue weighted by Crippen LogP contribution is -2.29. The standard InChI is InChI=1S/C29H27Cl2NO4/c1-5-36-24-10-9-19(12-23(24)16(2)3)27(33)25-26(18-8-6-7-17(4)11-18)32(29(35)28(25)34)22-14-20(30)13-21(31)15-22/h6-16,26,33H,5H2,1-4H3/b27-25-. The highest BCUT2D eigenvalue weighted by Gasteiger charge is 2.47. The third kappa shape index (κ3) is 4.86. The third-order valence-electron chi connectivity index (χ3n) is 6.13. The number of halogens is 2. The van der Waals surface area contributed by atoms with Gasteiger partial charge in [0.05, 0.1) is 18.2 Å². The molecule has 0 aliphatic carbocycles. The fourth-order valence-corrected chi connectivity index (χ4v) is 5.04. The van der Waals surface area contributed by atoms with E-state index in [1.165, 1.54) is 4.90 Å². The molecule has 36 heavy (non-hydrogen) atoms. The van der Waals surface area contributed by atoms with Crippen molar-refractivity contribution in [2.45, 2.75) is 39.7 Å². The molecule has 186 valence electrons. The zero-order valence-electron chi connectivity index (χ0n) is 20.5. The molecule has 1 heterocycles. The quantitative estimate of drug-likeness (QED) is 0.207. The van der Waals surface area contributed by atoms with Crippen molar-refractivity contribution in [3.05, 3.63) is 98.5 Å². The van der Waals surface area contributed by atoms with Crippen LogP contribution in [0.2, 0.25) is 10.0 Å². The van der Waals surface area contributed by atoms with Crippen LogP contribution in [0.1, 0.15) is 55.0 Å². The molecule has 3 aromatic rings. The van der Waals surface area contributed by atoms with E-state index >= 15 is 0 Å². The Labute approximate surface area is 220 Å². The van der Waals surface area contributed by atoms with Gasteiger partial charge in [-0.2, -0.15) is 0 Å². The van der Waals surface area contributed by atoms with Gasteiger partial charge in [0.2, 0.25) is 0 Å². The van der Waals surface area contributed by atoms with Crippen LogP contribution in [0.5, 0.6) is 5.75 Å². The number of hydrogen-bond donors (Lipinski definition) is 1. The predicted octanol–water partition coefficient (Wildman–Crippen LogP) is 7.45. The number of aliphatic hydroxyl groups is 1. The van der Waals surface area contributed by atoms with Gasteiger partial charge < -0.3 is 9.84 Å². The van der Waals surface area contributed by atoms with Gasteiger partial charge in [0.1, 0.15) is 11.5 Å². The summed E-state index contributed by atoms with van der Waals surface area (Å²) in [5, 5.41) is 12.2. The fraction of sp³-hybridized carbons (Fsp3) is 0.241. The first kappa shape index (κ1) is 25.8. The number of ketones is 1. The molecule has 7 heteroatoms. The van der Waals surface area contributed by atoms with Crippen molar-refractivity contribution in [3.63, 3.8) is 0 Å². The number of aliphatic hydroxyl groups excluding tert-OH is 1. The molecule has 1 aliphatic rings. The van der Waals surface area contributed by atoms with Gasteiger partial charge in [-0.3, -0.25) is 14.5 Å². The topological polar surface area (TPSA) is 66.8 Å². The van der Waals surface area contributed by atoms with E-state index in [1.54, 1.807) is 30.3 Å². The van der Waals surface area contributed by atoms with E-state index < -0.39 is 17.7 Å². The molecule has 5 nitrogen and oxygen atoms in total. The van der Waals surface area contributed by atoms with Crippen LogP contribution in [0.3, 0.4) is 0 Å². The molecule has 1 saturated heterocycles. The number of benzene rings is 3. The monoisotopic (exact) mass is 523 g/mol. The highest BCUT2D eigenvalue weighted by Crippen LogP contribution is 2.44. The van der Waals surface area contributed by atoms with Crippen LogP contribution in [-0.2, 0) is 9.59 Å². The number of aryl methyl sites for hydroxylation is 1. The summed E-state index contributed by atoms with van der Waals surface area (Å²) >= 11 is 12.5. The van der Waals surface area contributed by atoms with E-state index in [9.17, 15) is 14.7 Å². The second-order valence-electron chi connectivity index (χ2n) is 9.05. The maximum absolute atomic E-state index is 13.4. The first-order chi connectivity index (χ1) is 17.1. The smallest absolute Gasteiger partial charge is 0.300 e. The molecule has 0 bridgehead atoms. The van der Waals surface area contributed by atoms with Gasteiger partial charge in [-0.05, 0) is 67.3 Å². The summed E-state index contributed by atoms with van der Waals surface area (Å²) in [4.78, 5) is 28.2. The Kier molecular flexibility index (Phi) is 7.43. The minimum absolute atomic E-state index is 0.000522. The number of rotatable bonds is 6. The Hall–Kier alpha value is -3.28. The molecule has 1 fully saturated rings. The molecule has 0 radical (unpaired) electrons. The summed E-state index contributed by atoms with van der Waals surface area (Å²) in [6.45, 7) is 8.38. The molecular weight excluding hydrogens is 497 g/mol. The number of Topliss-reactive ketones (excluding diaryl/α,β-unsaturated/α-hetero) is 1. The zero-order chi connectivity index (χ0) is 26.1. The van der Waals surface area contributed by atoms with Gasteiger partial charge in [-0.15, -0.1) is 0 Å². The second-order valence-corrected chi connectivity index (χ2v) is 9.92. The van der Waals surface area contributed by atoms with Gasteiger partial charge in [0.25, 0.3) is 11.7 Å². The largest absolute Gasteiger partial charge is 0.507 e. The van der Waals surface area contributed by atoms with Gasteiger partial charge in [-0.25, -0.2) is 0 Å². The van der Waals surface area contributed by atoms with E-state index in [2.05, 4.69) is 0 Å². The number of carbonyl (C=O) groups excluding carboxylic acids is 2. The van der Waals surface area contributed by atoms with Crippen LogP contribution < -0.4 is 9.64 Å². The van der Waals surface area contributed by atoms with Gasteiger partial charge in [0.15, 0.2) is 0 Å². The van der Waals surface area contributed by atoms with Crippen molar-refractivity contribution in [2.75, 3.05) is 11.5 Å². The van der Waals surface area contributed by atoms with Crippen molar-refractivity contribution in [3.8, 4) is 5.75 Å². The van der Waals surface area contributed by atoms with E-state index in [0.29, 0.717) is 39.2 Å². The molecular formula is C29H27Cl2NO4. The van der Waals surface area contributed by atoms with Crippen molar-refractivity contribution >= 4 is 46.3 Å². The minimum atomic E-state index is -0.867. The van der Waals surface area contributed by atoms with Crippen LogP contribution in [0, 0.1) is 6.92 Å². The first-order valence-electron chi connectivity index (χ1n) is 11.7. The summed E-state index contributed by atoms with van der Waals surface area (Å²) in [6.07, 6.45) is 0. The average molecular weight is 524 g/mol. The lowest BCUT2D eigenvalue weighted by Gasteiger charge is -2.26. The van der Waals surface area contributed by atoms with Crippen LogP contribution in [0.15, 0.2) is 66.2 Å². The normalized spacial score (nSPS) is 17.2. The Morgan fingerprint density at radius 2 is 1.72 bits per heavy atom. The molecule has 0 saturated carbocycles. The molecule has 3 aromatic carbocycles. The fourth-order valence-electron chi connectivity index (χ4n) is 4.52. The Balaban J connectivity index is 1.96. The van der Waals surface area contributed by atoms with Crippen LogP contribution in [-0.4, -0.2) is 23.4 Å². The lowest BCUT2D eigenvalue weighted by atomic mass is 9.92. The number of nitrogens with zero attached hydrogens (tertiary/aromatic N) is 1. The van der Waals surface area contributed by atoms with Crippen molar-refractivity contribution in [2.24, 2.45) is 0 Å². The maximum Gasteiger partial charge on any atom is 0.300 e. The Morgan fingerprint density at radius 3 is 2.33 bits per heavy atom. The van der Waals surface area contributed by atoms with Crippen LogP contribution in [0.25, 0.3) is 5.76 Å². The molecule has 1 aliphatic heterocycles. The van der Waals surface area contributed by atoms with E-state index in [0.717, 1.165) is 11.1 Å². The van der Waals surface area contributed by atoms with Gasteiger partial charge >= 0.3 is 0 Å². The van der Waals surface area contributed by atoms with Crippen LogP contribution in [0.4, 0.5) is 5.69 Å². The van der Waals surface area contributed by atoms with E-state index in [1.807, 2.05) is 58.0 Å². The average Bonchev–Trinajstić information content (AvgIpc) is 3.09. The first-order valence-corrected chi connectivity index (χ1v) is 12.5. The molecule has 0 aromatic heterocycles. The highest BCUT2D eigenvalue weighted by molar-refractivity contribution is 6.52. The Morgan fingerprint density at radius 1 is 1.03 bits per heavy atom. The molecule has 1 atom stereocenters. The minimum Gasteiger partial charge on any atom is -0.507 e. The van der Waals surface area contributed by atoms with Gasteiger partial charge in [-0.1, -0.05) is 66.9 Å². The molecule has 1 amide bonds. The summed E-state index contributed by atoms with van der Waals surface area (Å²) in [7, 11) is 0. The molecule has 0 spiro atoms. The van der Waals surface area contributed by atoms with Gasteiger partial charge in [0, 0.05) is 21.3 Å². The lowest BCUT2D eigenvalue weighted by molar-refractivity contribution is -0.132. The summed E-state index contributed by atoms with van der Waals surface area (Å²) in [5.41, 5.74) is 3.33. The summed E-state index contributed by atoms with van der Waals surface area (Å²) < 4.78 is 5.75. The van der Waals surface area contributed by atoms with E-state index in [4.69, 9.17) is 27.9 Å². The predicted molar refractivity (Wildman–Crippen MR) is 144 cm³/mol. The number of anilines is 1. The number of ether oxygens (including phenoxy) is 1. The summed E-state index contributed by atoms with van der Waals surface area (Å²) in [5.74, 6) is -0.969. The maximum atomic E-state index is 13.4. The SMILES string of the molecule is CCOc1ccc(/C(O)=C2/C(=O)C(=O)N(c3cc(Cl)cc(Cl)c3)C2c2cccc(C)c2)cc1C(C)C.